The lowest BCUT2D eigenvalue weighted by atomic mass is 10.1. The molecule has 0 atom stereocenters. The molecule has 0 fully saturated rings. The van der Waals surface area contributed by atoms with E-state index in [2.05, 4.69) is 26.6 Å². The van der Waals surface area contributed by atoms with Gasteiger partial charge in [-0.05, 0) is 55.8 Å². The molecule has 144 valence electrons. The summed E-state index contributed by atoms with van der Waals surface area (Å²) in [7, 11) is 0. The molecule has 0 bridgehead atoms. The first-order chi connectivity index (χ1) is 12.9. The maximum absolute atomic E-state index is 12.4. The zero-order valence-corrected chi connectivity index (χ0v) is 17.2. The molecule has 6 nitrogen and oxygen atoms in total. The van der Waals surface area contributed by atoms with Gasteiger partial charge < -0.3 is 20.1 Å². The summed E-state index contributed by atoms with van der Waals surface area (Å²) in [5, 5.41) is 5.53. The Hall–Kier alpha value is -2.54. The Morgan fingerprint density at radius 3 is 1.96 bits per heavy atom. The van der Waals surface area contributed by atoms with Crippen molar-refractivity contribution in [3.05, 3.63) is 46.4 Å². The minimum atomic E-state index is -0.158. The average molecular weight is 435 g/mol. The van der Waals surface area contributed by atoms with Crippen LogP contribution in [0.3, 0.4) is 0 Å². The van der Waals surface area contributed by atoms with Crippen molar-refractivity contribution in [1.29, 1.82) is 0 Å². The zero-order chi connectivity index (χ0) is 19.8. The minimum Gasteiger partial charge on any atom is -0.490 e. The Bertz CT molecular complexity index is 806. The lowest BCUT2D eigenvalue weighted by molar-refractivity contribution is -0.116. The van der Waals surface area contributed by atoms with Crippen LogP contribution in [0, 0.1) is 0 Å². The molecule has 0 saturated carbocycles. The number of hydrogen-bond acceptors (Lipinski definition) is 4. The van der Waals surface area contributed by atoms with Crippen LogP contribution < -0.4 is 20.1 Å². The summed E-state index contributed by atoms with van der Waals surface area (Å²) >= 11 is 3.49. The van der Waals surface area contributed by atoms with Crippen molar-refractivity contribution in [2.45, 2.75) is 27.2 Å². The Balaban J connectivity index is 2.08. The smallest absolute Gasteiger partial charge is 0.228 e. The van der Waals surface area contributed by atoms with Crippen LogP contribution in [0.25, 0.3) is 0 Å². The maximum Gasteiger partial charge on any atom is 0.228 e. The second-order valence-electron chi connectivity index (χ2n) is 5.74. The molecule has 2 amide bonds. The first kappa shape index (κ1) is 20.8. The molecule has 2 aromatic carbocycles. The molecule has 2 aromatic rings. The molecule has 0 heterocycles. The van der Waals surface area contributed by atoms with Crippen LogP contribution in [0.1, 0.15) is 26.3 Å². The SMILES string of the molecule is CCOc1cc(Br)c(CC(=O)Nc2ccc(NC(C)=O)cc2)cc1OCC. The van der Waals surface area contributed by atoms with Crippen molar-refractivity contribution >= 4 is 39.1 Å². The van der Waals surface area contributed by atoms with Crippen molar-refractivity contribution in [3.8, 4) is 11.5 Å². The summed E-state index contributed by atoms with van der Waals surface area (Å²) in [6.45, 7) is 6.28. The average Bonchev–Trinajstić information content (AvgIpc) is 2.60. The molecule has 0 aliphatic rings. The van der Waals surface area contributed by atoms with Crippen molar-refractivity contribution < 1.29 is 19.1 Å². The third-order valence-electron chi connectivity index (χ3n) is 3.55. The number of anilines is 2. The van der Waals surface area contributed by atoms with Gasteiger partial charge in [-0.15, -0.1) is 0 Å². The molecule has 2 rings (SSSR count). The van der Waals surface area contributed by atoms with E-state index in [1.54, 1.807) is 24.3 Å². The first-order valence-corrected chi connectivity index (χ1v) is 9.47. The maximum atomic E-state index is 12.4. The molecule has 0 saturated heterocycles. The molecule has 0 aromatic heterocycles. The van der Waals surface area contributed by atoms with Gasteiger partial charge in [-0.3, -0.25) is 9.59 Å². The molecular weight excluding hydrogens is 412 g/mol. The van der Waals surface area contributed by atoms with Gasteiger partial charge >= 0.3 is 0 Å². The van der Waals surface area contributed by atoms with Gasteiger partial charge in [-0.1, -0.05) is 15.9 Å². The lowest BCUT2D eigenvalue weighted by Crippen LogP contribution is -2.15. The standard InChI is InChI=1S/C20H23BrN2O4/c1-4-26-18-10-14(17(21)12-19(18)27-5-2)11-20(25)23-16-8-6-15(7-9-16)22-13(3)24/h6-10,12H,4-5,11H2,1-3H3,(H,22,24)(H,23,25). The van der Waals surface area contributed by atoms with Crippen molar-refractivity contribution in [2.75, 3.05) is 23.8 Å². The monoisotopic (exact) mass is 434 g/mol. The summed E-state index contributed by atoms with van der Waals surface area (Å²) < 4.78 is 12.0. The predicted molar refractivity (Wildman–Crippen MR) is 110 cm³/mol. The van der Waals surface area contributed by atoms with Crippen LogP contribution in [-0.2, 0) is 16.0 Å². The van der Waals surface area contributed by atoms with Crippen molar-refractivity contribution in [1.82, 2.24) is 0 Å². The van der Waals surface area contributed by atoms with Gasteiger partial charge in [-0.25, -0.2) is 0 Å². The fourth-order valence-electron chi connectivity index (χ4n) is 2.47. The molecule has 0 aliphatic carbocycles. The number of halogens is 1. The summed E-state index contributed by atoms with van der Waals surface area (Å²) in [4.78, 5) is 23.4. The van der Waals surface area contributed by atoms with Crippen LogP contribution in [0.2, 0.25) is 0 Å². The molecule has 0 radical (unpaired) electrons. The number of hydrogen-bond donors (Lipinski definition) is 2. The summed E-state index contributed by atoms with van der Waals surface area (Å²) in [6, 6.07) is 10.6. The molecule has 27 heavy (non-hydrogen) atoms. The van der Waals surface area contributed by atoms with Crippen LogP contribution in [0.5, 0.6) is 11.5 Å². The quantitative estimate of drug-likeness (QED) is 0.645. The highest BCUT2D eigenvalue weighted by molar-refractivity contribution is 9.10. The summed E-state index contributed by atoms with van der Waals surface area (Å²) in [5.74, 6) is 0.959. The van der Waals surface area contributed by atoms with E-state index in [4.69, 9.17) is 9.47 Å². The molecule has 0 unspecified atom stereocenters. The highest BCUT2D eigenvalue weighted by atomic mass is 79.9. The Morgan fingerprint density at radius 1 is 0.926 bits per heavy atom. The lowest BCUT2D eigenvalue weighted by Gasteiger charge is -2.14. The van der Waals surface area contributed by atoms with E-state index >= 15 is 0 Å². The largest absolute Gasteiger partial charge is 0.490 e. The third-order valence-corrected chi connectivity index (χ3v) is 4.29. The van der Waals surface area contributed by atoms with Gasteiger partial charge in [0.15, 0.2) is 11.5 Å². The fraction of sp³-hybridized carbons (Fsp3) is 0.300. The first-order valence-electron chi connectivity index (χ1n) is 8.68. The van der Waals surface area contributed by atoms with Gasteiger partial charge in [0.1, 0.15) is 0 Å². The van der Waals surface area contributed by atoms with Crippen LogP contribution in [-0.4, -0.2) is 25.0 Å². The normalized spacial score (nSPS) is 10.2. The Labute approximate surface area is 167 Å². The van der Waals surface area contributed by atoms with Crippen molar-refractivity contribution in [3.63, 3.8) is 0 Å². The van der Waals surface area contributed by atoms with Gasteiger partial charge in [0.2, 0.25) is 11.8 Å². The number of amides is 2. The second-order valence-corrected chi connectivity index (χ2v) is 6.59. The Morgan fingerprint density at radius 2 is 1.44 bits per heavy atom. The zero-order valence-electron chi connectivity index (χ0n) is 15.6. The predicted octanol–water partition coefficient (Wildman–Crippen LogP) is 4.39. The number of rotatable bonds is 8. The van der Waals surface area contributed by atoms with E-state index in [0.717, 1.165) is 10.0 Å². The van der Waals surface area contributed by atoms with Crippen molar-refractivity contribution in [2.24, 2.45) is 0 Å². The molecule has 7 heteroatoms. The number of benzene rings is 2. The summed E-state index contributed by atoms with van der Waals surface area (Å²) in [5.41, 5.74) is 2.13. The van der Waals surface area contributed by atoms with E-state index in [1.807, 2.05) is 26.0 Å². The van der Waals surface area contributed by atoms with Crippen LogP contribution in [0.15, 0.2) is 40.9 Å². The Kier molecular flexibility index (Phi) is 7.67. The molecule has 0 spiro atoms. The van der Waals surface area contributed by atoms with E-state index in [-0.39, 0.29) is 18.2 Å². The number of nitrogens with one attached hydrogen (secondary N) is 2. The van der Waals surface area contributed by atoms with Gasteiger partial charge in [0.25, 0.3) is 0 Å². The van der Waals surface area contributed by atoms with Crippen LogP contribution >= 0.6 is 15.9 Å². The molecule has 2 N–H and O–H groups in total. The van der Waals surface area contributed by atoms with Gasteiger partial charge in [-0.2, -0.15) is 0 Å². The fourth-order valence-corrected chi connectivity index (χ4v) is 2.93. The van der Waals surface area contributed by atoms with Crippen LogP contribution in [0.4, 0.5) is 11.4 Å². The molecular formula is C20H23BrN2O4. The number of carbonyl (C=O) groups is 2. The van der Waals surface area contributed by atoms with Gasteiger partial charge in [0.05, 0.1) is 19.6 Å². The topological polar surface area (TPSA) is 76.7 Å². The third kappa shape index (κ3) is 6.29. The van der Waals surface area contributed by atoms with E-state index in [0.29, 0.717) is 36.1 Å². The van der Waals surface area contributed by atoms with E-state index < -0.39 is 0 Å². The van der Waals surface area contributed by atoms with Gasteiger partial charge in [0, 0.05) is 22.8 Å². The number of ether oxygens (including phenoxy) is 2. The highest BCUT2D eigenvalue weighted by Gasteiger charge is 2.14. The number of carbonyl (C=O) groups excluding carboxylic acids is 2. The summed E-state index contributed by atoms with van der Waals surface area (Å²) in [6.07, 6.45) is 0.181. The van der Waals surface area contributed by atoms with E-state index in [1.165, 1.54) is 6.92 Å². The second kappa shape index (κ2) is 9.97. The minimum absolute atomic E-state index is 0.141. The van der Waals surface area contributed by atoms with E-state index in [9.17, 15) is 9.59 Å². The highest BCUT2D eigenvalue weighted by Crippen LogP contribution is 2.34. The molecule has 0 aliphatic heterocycles.